The van der Waals surface area contributed by atoms with Gasteiger partial charge in [0.05, 0.1) is 12.9 Å². The van der Waals surface area contributed by atoms with Crippen LogP contribution >= 0.6 is 11.8 Å². The number of rotatable bonds is 11. The first-order valence-electron chi connectivity index (χ1n) is 11.2. The number of nitrogens with zero attached hydrogens (tertiary/aromatic N) is 3. The Kier molecular flexibility index (Phi) is 8.77. The Bertz CT molecular complexity index is 1070. The Labute approximate surface area is 199 Å². The Morgan fingerprint density at radius 3 is 2.58 bits per heavy atom. The number of hydrogen-bond acceptors (Lipinski definition) is 6. The lowest BCUT2D eigenvalue weighted by molar-refractivity contribution is -0.113. The minimum Gasteiger partial charge on any atom is -0.497 e. The van der Waals surface area contributed by atoms with Gasteiger partial charge in [-0.25, -0.2) is 0 Å². The quantitative estimate of drug-likeness (QED) is 0.381. The van der Waals surface area contributed by atoms with Crippen LogP contribution in [0, 0.1) is 5.92 Å². The fourth-order valence-corrected chi connectivity index (χ4v) is 4.20. The molecule has 1 heterocycles. The molecule has 0 aliphatic rings. The largest absolute Gasteiger partial charge is 0.497 e. The number of aromatic nitrogens is 3. The van der Waals surface area contributed by atoms with Gasteiger partial charge in [0.25, 0.3) is 0 Å². The van der Waals surface area contributed by atoms with E-state index in [4.69, 9.17) is 9.47 Å². The van der Waals surface area contributed by atoms with Crippen molar-refractivity contribution >= 4 is 23.4 Å². The van der Waals surface area contributed by atoms with E-state index in [9.17, 15) is 4.79 Å². The smallest absolute Gasteiger partial charge is 0.234 e. The number of para-hydroxylation sites is 1. The zero-order valence-corrected chi connectivity index (χ0v) is 20.7. The summed E-state index contributed by atoms with van der Waals surface area (Å²) in [5.41, 5.74) is 1.97. The van der Waals surface area contributed by atoms with Crippen molar-refractivity contribution in [2.75, 3.05) is 18.2 Å². The maximum Gasteiger partial charge on any atom is 0.234 e. The second-order valence-corrected chi connectivity index (χ2v) is 9.07. The lowest BCUT2D eigenvalue weighted by atomic mass is 10.1. The average Bonchev–Trinajstić information content (AvgIpc) is 3.20. The molecule has 1 unspecified atom stereocenters. The number of thioether (sulfide) groups is 1. The van der Waals surface area contributed by atoms with E-state index in [1.807, 2.05) is 60.0 Å². The van der Waals surface area contributed by atoms with Gasteiger partial charge in [0, 0.05) is 18.3 Å². The molecule has 0 spiro atoms. The number of carbonyl (C=O) groups is 1. The zero-order valence-electron chi connectivity index (χ0n) is 19.9. The van der Waals surface area contributed by atoms with Crippen molar-refractivity contribution in [3.63, 3.8) is 0 Å². The number of anilines is 1. The standard InChI is InChI=1S/C25H32N4O3S/c1-6-19-10-7-8-13-22(19)26-23(30)16-33-25-28-27-24(29(25)15-17(2)3)18(4)32-21-12-9-11-20(14-21)31-5/h7-14,17-18H,6,15-16H2,1-5H3,(H,26,30). The molecule has 1 atom stereocenters. The summed E-state index contributed by atoms with van der Waals surface area (Å²) in [6.07, 6.45) is 0.545. The first-order chi connectivity index (χ1) is 15.9. The van der Waals surface area contributed by atoms with Gasteiger partial charge in [-0.1, -0.05) is 56.8 Å². The molecule has 0 bridgehead atoms. The fourth-order valence-electron chi connectivity index (χ4n) is 3.44. The van der Waals surface area contributed by atoms with Gasteiger partial charge >= 0.3 is 0 Å². The van der Waals surface area contributed by atoms with Gasteiger partial charge in [-0.15, -0.1) is 10.2 Å². The highest BCUT2D eigenvalue weighted by atomic mass is 32.2. The van der Waals surface area contributed by atoms with Crippen LogP contribution in [0.3, 0.4) is 0 Å². The van der Waals surface area contributed by atoms with E-state index < -0.39 is 0 Å². The highest BCUT2D eigenvalue weighted by Gasteiger charge is 2.21. The molecule has 3 aromatic rings. The first kappa shape index (κ1) is 24.6. The second kappa shape index (κ2) is 11.7. The Hall–Kier alpha value is -3.00. The molecule has 8 heteroatoms. The van der Waals surface area contributed by atoms with E-state index in [1.54, 1.807) is 7.11 Å². The molecule has 33 heavy (non-hydrogen) atoms. The SMILES string of the molecule is CCc1ccccc1NC(=O)CSc1nnc(C(C)Oc2cccc(OC)c2)n1CC(C)C. The molecule has 7 nitrogen and oxygen atoms in total. The lowest BCUT2D eigenvalue weighted by Gasteiger charge is -2.18. The van der Waals surface area contributed by atoms with Gasteiger partial charge < -0.3 is 19.4 Å². The van der Waals surface area contributed by atoms with Gasteiger partial charge in [0.15, 0.2) is 17.1 Å². The van der Waals surface area contributed by atoms with Gasteiger partial charge in [-0.3, -0.25) is 4.79 Å². The molecule has 0 saturated carbocycles. The van der Waals surface area contributed by atoms with E-state index in [0.717, 1.165) is 35.8 Å². The summed E-state index contributed by atoms with van der Waals surface area (Å²) >= 11 is 1.38. The van der Waals surface area contributed by atoms with Crippen LogP contribution in [0.2, 0.25) is 0 Å². The topological polar surface area (TPSA) is 78.3 Å². The van der Waals surface area contributed by atoms with E-state index in [0.29, 0.717) is 16.8 Å². The lowest BCUT2D eigenvalue weighted by Crippen LogP contribution is -2.17. The van der Waals surface area contributed by atoms with Crippen molar-refractivity contribution in [2.24, 2.45) is 5.92 Å². The van der Waals surface area contributed by atoms with Gasteiger partial charge in [-0.05, 0) is 43.0 Å². The van der Waals surface area contributed by atoms with Crippen molar-refractivity contribution in [2.45, 2.75) is 51.9 Å². The fraction of sp³-hybridized carbons (Fsp3) is 0.400. The number of ether oxygens (including phenoxy) is 2. The van der Waals surface area contributed by atoms with E-state index in [2.05, 4.69) is 36.3 Å². The molecule has 0 aliphatic heterocycles. The van der Waals surface area contributed by atoms with Crippen LogP contribution in [0.1, 0.15) is 45.2 Å². The summed E-state index contributed by atoms with van der Waals surface area (Å²) in [7, 11) is 1.63. The van der Waals surface area contributed by atoms with E-state index in [1.165, 1.54) is 11.8 Å². The third kappa shape index (κ3) is 6.74. The number of methoxy groups -OCH3 is 1. The van der Waals surface area contributed by atoms with Crippen molar-refractivity contribution in [1.82, 2.24) is 14.8 Å². The number of hydrogen-bond donors (Lipinski definition) is 1. The predicted octanol–water partition coefficient (Wildman–Crippen LogP) is 5.38. The summed E-state index contributed by atoms with van der Waals surface area (Å²) in [6.45, 7) is 9.03. The van der Waals surface area contributed by atoms with Crippen LogP contribution in [0.15, 0.2) is 53.7 Å². The van der Waals surface area contributed by atoms with Crippen LogP contribution in [-0.4, -0.2) is 33.5 Å². The van der Waals surface area contributed by atoms with Crippen LogP contribution in [0.5, 0.6) is 11.5 Å². The van der Waals surface area contributed by atoms with E-state index in [-0.39, 0.29) is 17.8 Å². The molecule has 1 N–H and O–H groups in total. The first-order valence-corrected chi connectivity index (χ1v) is 12.1. The Balaban J connectivity index is 1.71. The number of benzene rings is 2. The van der Waals surface area contributed by atoms with Gasteiger partial charge in [0.2, 0.25) is 5.91 Å². The second-order valence-electron chi connectivity index (χ2n) is 8.13. The maximum atomic E-state index is 12.6. The summed E-state index contributed by atoms with van der Waals surface area (Å²) in [5.74, 6) is 2.72. The molecule has 0 saturated heterocycles. The summed E-state index contributed by atoms with van der Waals surface area (Å²) in [4.78, 5) is 12.6. The molecule has 176 valence electrons. The third-order valence-corrected chi connectivity index (χ3v) is 5.98. The van der Waals surface area contributed by atoms with Gasteiger partial charge in [0.1, 0.15) is 11.5 Å². The molecule has 0 aliphatic carbocycles. The van der Waals surface area contributed by atoms with Crippen LogP contribution < -0.4 is 14.8 Å². The Morgan fingerprint density at radius 1 is 1.09 bits per heavy atom. The molecule has 2 aromatic carbocycles. The Morgan fingerprint density at radius 2 is 1.85 bits per heavy atom. The predicted molar refractivity (Wildman–Crippen MR) is 132 cm³/mol. The molecule has 1 amide bonds. The van der Waals surface area contributed by atoms with Crippen LogP contribution in [0.4, 0.5) is 5.69 Å². The van der Waals surface area contributed by atoms with E-state index >= 15 is 0 Å². The minimum atomic E-state index is -0.317. The number of aryl methyl sites for hydroxylation is 1. The highest BCUT2D eigenvalue weighted by molar-refractivity contribution is 7.99. The summed E-state index contributed by atoms with van der Waals surface area (Å²) in [6, 6.07) is 15.3. The normalized spacial score (nSPS) is 11.9. The molecule has 3 rings (SSSR count). The van der Waals surface area contributed by atoms with Crippen molar-refractivity contribution in [3.05, 3.63) is 59.9 Å². The minimum absolute atomic E-state index is 0.0674. The molecular formula is C25H32N4O3S. The monoisotopic (exact) mass is 468 g/mol. The average molecular weight is 469 g/mol. The third-order valence-electron chi connectivity index (χ3n) is 5.02. The molecule has 0 fully saturated rings. The molecular weight excluding hydrogens is 436 g/mol. The maximum absolute atomic E-state index is 12.6. The number of carbonyl (C=O) groups excluding carboxylic acids is 1. The number of nitrogens with one attached hydrogen (secondary N) is 1. The zero-order chi connectivity index (χ0) is 23.8. The van der Waals surface area contributed by atoms with Gasteiger partial charge in [-0.2, -0.15) is 0 Å². The molecule has 1 aromatic heterocycles. The summed E-state index contributed by atoms with van der Waals surface area (Å²) < 4.78 is 13.4. The van der Waals surface area contributed by atoms with Crippen molar-refractivity contribution in [3.8, 4) is 11.5 Å². The summed E-state index contributed by atoms with van der Waals surface area (Å²) in [5, 5.41) is 12.5. The van der Waals surface area contributed by atoms with Crippen molar-refractivity contribution in [1.29, 1.82) is 0 Å². The van der Waals surface area contributed by atoms with Crippen molar-refractivity contribution < 1.29 is 14.3 Å². The van der Waals surface area contributed by atoms with Crippen LogP contribution in [-0.2, 0) is 17.8 Å². The molecule has 0 radical (unpaired) electrons. The number of amides is 1. The highest BCUT2D eigenvalue weighted by Crippen LogP contribution is 2.27. The van der Waals surface area contributed by atoms with Crippen LogP contribution in [0.25, 0.3) is 0 Å².